The Morgan fingerprint density at radius 2 is 1.17 bits per heavy atom. The summed E-state index contributed by atoms with van der Waals surface area (Å²) < 4.78 is 10.3. The number of rotatable bonds is 16. The molecule has 1 aliphatic rings. The van der Waals surface area contributed by atoms with Crippen LogP contribution in [0.4, 0.5) is 0 Å². The number of hydrogen-bond acceptors (Lipinski definition) is 5. The molecule has 0 amide bonds. The summed E-state index contributed by atoms with van der Waals surface area (Å²) in [5.41, 5.74) is -0.0512. The van der Waals surface area contributed by atoms with Gasteiger partial charge in [0.05, 0.1) is 0 Å². The molecule has 0 atom stereocenters. The SMILES string of the molecule is CCCCCCCCN(/C=C/C=C1C(=O)OC(C)(C)OC1=O)CCCCCCCC. The van der Waals surface area contributed by atoms with Gasteiger partial charge in [0.25, 0.3) is 5.79 Å². The van der Waals surface area contributed by atoms with Gasteiger partial charge in [0.1, 0.15) is 5.57 Å². The fourth-order valence-corrected chi connectivity index (χ4v) is 3.51. The first-order chi connectivity index (χ1) is 14.4. The molecular weight excluding hydrogens is 378 g/mol. The Hall–Kier alpha value is -1.78. The summed E-state index contributed by atoms with van der Waals surface area (Å²) in [6.07, 6.45) is 20.5. The van der Waals surface area contributed by atoms with Crippen molar-refractivity contribution in [2.75, 3.05) is 13.1 Å². The van der Waals surface area contributed by atoms with E-state index in [4.69, 9.17) is 9.47 Å². The Morgan fingerprint density at radius 3 is 1.63 bits per heavy atom. The summed E-state index contributed by atoms with van der Waals surface area (Å²) in [5, 5.41) is 0. The van der Waals surface area contributed by atoms with Crippen LogP contribution >= 0.6 is 0 Å². The van der Waals surface area contributed by atoms with Crippen LogP contribution < -0.4 is 0 Å². The minimum absolute atomic E-state index is 0.0512. The lowest BCUT2D eigenvalue weighted by molar-refractivity contribution is -0.222. The molecular formula is C25H43NO4. The lowest BCUT2D eigenvalue weighted by atomic mass is 10.1. The highest BCUT2D eigenvalue weighted by molar-refractivity contribution is 6.15. The first-order valence-electron chi connectivity index (χ1n) is 12.0. The smallest absolute Gasteiger partial charge is 0.348 e. The lowest BCUT2D eigenvalue weighted by Gasteiger charge is -2.29. The molecule has 0 radical (unpaired) electrons. The van der Waals surface area contributed by atoms with Crippen molar-refractivity contribution in [3.63, 3.8) is 0 Å². The standard InChI is InChI=1S/C25H43NO4/c1-5-7-9-11-13-15-19-26(20-16-14-12-10-8-6-2)21-17-18-22-23(27)29-25(3,4)30-24(22)28/h17-18,21H,5-16,19-20H2,1-4H3/b21-17+. The molecule has 0 bridgehead atoms. The van der Waals surface area contributed by atoms with E-state index in [1.54, 1.807) is 19.9 Å². The number of nitrogens with zero attached hydrogens (tertiary/aromatic N) is 1. The molecule has 0 unspecified atom stereocenters. The van der Waals surface area contributed by atoms with Crippen molar-refractivity contribution in [3.05, 3.63) is 23.9 Å². The van der Waals surface area contributed by atoms with Gasteiger partial charge in [-0.05, 0) is 31.2 Å². The molecule has 0 spiro atoms. The van der Waals surface area contributed by atoms with Gasteiger partial charge in [-0.25, -0.2) is 9.59 Å². The molecule has 30 heavy (non-hydrogen) atoms. The van der Waals surface area contributed by atoms with Crippen LogP contribution in [-0.2, 0) is 19.1 Å². The fourth-order valence-electron chi connectivity index (χ4n) is 3.51. The second-order valence-corrected chi connectivity index (χ2v) is 8.67. The fraction of sp³-hybridized carbons (Fsp3) is 0.760. The molecule has 5 nitrogen and oxygen atoms in total. The number of allylic oxidation sites excluding steroid dienone is 2. The number of carbonyl (C=O) groups is 2. The zero-order chi connectivity index (χ0) is 22.2. The molecule has 1 fully saturated rings. The van der Waals surface area contributed by atoms with Crippen molar-refractivity contribution in [2.24, 2.45) is 0 Å². The summed E-state index contributed by atoms with van der Waals surface area (Å²) in [6, 6.07) is 0. The van der Waals surface area contributed by atoms with E-state index in [0.717, 1.165) is 13.1 Å². The van der Waals surface area contributed by atoms with Gasteiger partial charge in [-0.1, -0.05) is 78.1 Å². The highest BCUT2D eigenvalue weighted by atomic mass is 16.7. The Morgan fingerprint density at radius 1 is 0.733 bits per heavy atom. The van der Waals surface area contributed by atoms with Gasteiger partial charge in [-0.2, -0.15) is 0 Å². The summed E-state index contributed by atoms with van der Waals surface area (Å²) in [5.74, 6) is -2.45. The van der Waals surface area contributed by atoms with Crippen LogP contribution in [0.15, 0.2) is 23.9 Å². The van der Waals surface area contributed by atoms with Crippen LogP contribution in [0.5, 0.6) is 0 Å². The molecule has 1 saturated heterocycles. The molecule has 1 heterocycles. The molecule has 0 aliphatic carbocycles. The van der Waals surface area contributed by atoms with E-state index in [1.807, 2.05) is 6.20 Å². The maximum atomic E-state index is 12.1. The van der Waals surface area contributed by atoms with Crippen molar-refractivity contribution < 1.29 is 19.1 Å². The molecule has 0 saturated carbocycles. The van der Waals surface area contributed by atoms with Crippen LogP contribution in [0.1, 0.15) is 105 Å². The highest BCUT2D eigenvalue weighted by Gasteiger charge is 2.38. The second-order valence-electron chi connectivity index (χ2n) is 8.67. The normalized spacial score (nSPS) is 15.9. The molecule has 0 aromatic rings. The van der Waals surface area contributed by atoms with Crippen LogP contribution in [0, 0.1) is 0 Å². The van der Waals surface area contributed by atoms with Gasteiger partial charge in [0.2, 0.25) is 0 Å². The lowest BCUT2D eigenvalue weighted by Crippen LogP contribution is -2.41. The number of esters is 2. The Bertz CT molecular complexity index is 527. The second kappa shape index (κ2) is 15.1. The van der Waals surface area contributed by atoms with E-state index in [2.05, 4.69) is 18.7 Å². The minimum atomic E-state index is -1.20. The zero-order valence-corrected chi connectivity index (χ0v) is 19.7. The van der Waals surface area contributed by atoms with Crippen LogP contribution in [0.3, 0.4) is 0 Å². The number of carbonyl (C=O) groups excluding carboxylic acids is 2. The van der Waals surface area contributed by atoms with Crippen molar-refractivity contribution in [3.8, 4) is 0 Å². The maximum Gasteiger partial charge on any atom is 0.348 e. The average Bonchev–Trinajstić information content (AvgIpc) is 2.67. The topological polar surface area (TPSA) is 55.8 Å². The summed E-state index contributed by atoms with van der Waals surface area (Å²) >= 11 is 0. The average molecular weight is 422 g/mol. The van der Waals surface area contributed by atoms with Crippen LogP contribution in [-0.4, -0.2) is 35.7 Å². The van der Waals surface area contributed by atoms with E-state index in [-0.39, 0.29) is 5.57 Å². The van der Waals surface area contributed by atoms with Crippen molar-refractivity contribution in [1.82, 2.24) is 4.90 Å². The van der Waals surface area contributed by atoms with Crippen molar-refractivity contribution in [2.45, 2.75) is 111 Å². The molecule has 0 aromatic heterocycles. The molecule has 0 N–H and O–H groups in total. The first-order valence-corrected chi connectivity index (χ1v) is 12.0. The summed E-state index contributed by atoms with van der Waals surface area (Å²) in [6.45, 7) is 9.59. The van der Waals surface area contributed by atoms with Crippen molar-refractivity contribution >= 4 is 11.9 Å². The van der Waals surface area contributed by atoms with Crippen LogP contribution in [0.25, 0.3) is 0 Å². The first kappa shape index (κ1) is 26.3. The minimum Gasteiger partial charge on any atom is -0.419 e. The largest absolute Gasteiger partial charge is 0.419 e. The molecule has 1 rings (SSSR count). The third kappa shape index (κ3) is 11.4. The van der Waals surface area contributed by atoms with Crippen LogP contribution in [0.2, 0.25) is 0 Å². The quantitative estimate of drug-likeness (QED) is 0.127. The predicted octanol–water partition coefficient (Wildman–Crippen LogP) is 6.29. The molecule has 1 aliphatic heterocycles. The van der Waals surface area contributed by atoms with Gasteiger partial charge >= 0.3 is 11.9 Å². The Labute approximate surface area is 183 Å². The molecule has 172 valence electrons. The van der Waals surface area contributed by atoms with Gasteiger partial charge in [-0.15, -0.1) is 0 Å². The van der Waals surface area contributed by atoms with E-state index in [0.29, 0.717) is 0 Å². The number of unbranched alkanes of at least 4 members (excludes halogenated alkanes) is 10. The third-order valence-electron chi connectivity index (χ3n) is 5.27. The van der Waals surface area contributed by atoms with Gasteiger partial charge in [-0.3, -0.25) is 0 Å². The summed E-state index contributed by atoms with van der Waals surface area (Å²) in [4.78, 5) is 26.4. The zero-order valence-electron chi connectivity index (χ0n) is 19.7. The van der Waals surface area contributed by atoms with Gasteiger partial charge in [0, 0.05) is 26.9 Å². The van der Waals surface area contributed by atoms with E-state index in [1.165, 1.54) is 83.1 Å². The van der Waals surface area contributed by atoms with Crippen molar-refractivity contribution in [1.29, 1.82) is 0 Å². The van der Waals surface area contributed by atoms with Gasteiger partial charge < -0.3 is 14.4 Å². The highest BCUT2D eigenvalue weighted by Crippen LogP contribution is 2.22. The molecule has 5 heteroatoms. The Balaban J connectivity index is 2.55. The maximum absolute atomic E-state index is 12.1. The number of ether oxygens (including phenoxy) is 2. The monoisotopic (exact) mass is 421 g/mol. The van der Waals surface area contributed by atoms with E-state index < -0.39 is 17.7 Å². The number of cyclic esters (lactones) is 2. The Kier molecular flexibility index (Phi) is 13.2. The third-order valence-corrected chi connectivity index (χ3v) is 5.27. The number of hydrogen-bond donors (Lipinski definition) is 0. The summed E-state index contributed by atoms with van der Waals surface area (Å²) in [7, 11) is 0. The molecule has 0 aromatic carbocycles. The van der Waals surface area contributed by atoms with Gasteiger partial charge in [0.15, 0.2) is 0 Å². The van der Waals surface area contributed by atoms with E-state index in [9.17, 15) is 9.59 Å². The van der Waals surface area contributed by atoms with E-state index >= 15 is 0 Å². The predicted molar refractivity (Wildman–Crippen MR) is 122 cm³/mol.